The van der Waals surface area contributed by atoms with Crippen LogP contribution in [-0.4, -0.2) is 25.0 Å². The summed E-state index contributed by atoms with van der Waals surface area (Å²) in [5.74, 6) is -0.505. The van der Waals surface area contributed by atoms with Crippen molar-refractivity contribution in [3.8, 4) is 0 Å². The zero-order chi connectivity index (χ0) is 16.4. The summed E-state index contributed by atoms with van der Waals surface area (Å²) in [5, 5.41) is 0. The molecule has 1 heterocycles. The zero-order valence-electron chi connectivity index (χ0n) is 13.7. The summed E-state index contributed by atoms with van der Waals surface area (Å²) in [6, 6.07) is 0. The summed E-state index contributed by atoms with van der Waals surface area (Å²) in [7, 11) is 0. The van der Waals surface area contributed by atoms with E-state index in [1.807, 2.05) is 24.3 Å². The summed E-state index contributed by atoms with van der Waals surface area (Å²) >= 11 is 0. The van der Waals surface area contributed by atoms with E-state index in [2.05, 4.69) is 26.0 Å². The third-order valence-corrected chi connectivity index (χ3v) is 4.23. The van der Waals surface area contributed by atoms with Gasteiger partial charge in [-0.15, -0.1) is 0 Å². The highest BCUT2D eigenvalue weighted by Crippen LogP contribution is 2.44. The predicted octanol–water partition coefficient (Wildman–Crippen LogP) is 3.58. The van der Waals surface area contributed by atoms with Crippen LogP contribution in [0.15, 0.2) is 59.4 Å². The number of ether oxygens (including phenoxy) is 3. The molecule has 0 fully saturated rings. The number of hydrogen-bond acceptors (Lipinski definition) is 4. The van der Waals surface area contributed by atoms with Gasteiger partial charge >= 0.3 is 5.97 Å². The van der Waals surface area contributed by atoms with Crippen LogP contribution >= 0.6 is 0 Å². The van der Waals surface area contributed by atoms with Crippen molar-refractivity contribution in [1.29, 1.82) is 0 Å². The van der Waals surface area contributed by atoms with Crippen molar-refractivity contribution in [3.05, 3.63) is 59.4 Å². The van der Waals surface area contributed by atoms with E-state index in [-0.39, 0.29) is 11.5 Å². The van der Waals surface area contributed by atoms with Gasteiger partial charge in [0.25, 0.3) is 6.29 Å². The molecule has 0 radical (unpaired) electrons. The topological polar surface area (TPSA) is 44.8 Å². The van der Waals surface area contributed by atoms with Crippen molar-refractivity contribution in [1.82, 2.24) is 0 Å². The molecule has 0 aromatic rings. The van der Waals surface area contributed by atoms with E-state index >= 15 is 0 Å². The fourth-order valence-corrected chi connectivity index (χ4v) is 3.20. The lowest BCUT2D eigenvalue weighted by Crippen LogP contribution is -2.36. The van der Waals surface area contributed by atoms with Gasteiger partial charge in [-0.25, -0.2) is 4.79 Å². The second kappa shape index (κ2) is 6.20. The molecule has 0 saturated carbocycles. The Morgan fingerprint density at radius 3 is 2.96 bits per heavy atom. The molecular formula is C19H22O4. The van der Waals surface area contributed by atoms with Gasteiger partial charge in [-0.2, -0.15) is 0 Å². The number of hydrogen-bond donors (Lipinski definition) is 0. The molecule has 23 heavy (non-hydrogen) atoms. The van der Waals surface area contributed by atoms with Crippen LogP contribution < -0.4 is 0 Å². The first-order chi connectivity index (χ1) is 11.0. The molecule has 3 rings (SSSR count). The summed E-state index contributed by atoms with van der Waals surface area (Å²) in [6.45, 7) is 6.47. The van der Waals surface area contributed by atoms with Crippen LogP contribution in [0.1, 0.15) is 27.2 Å². The van der Waals surface area contributed by atoms with E-state index in [1.54, 1.807) is 13.2 Å². The fraction of sp³-hybridized carbons (Fsp3) is 0.421. The summed E-state index contributed by atoms with van der Waals surface area (Å²) in [6.07, 6.45) is 13.3. The number of rotatable bonds is 2. The summed E-state index contributed by atoms with van der Waals surface area (Å²) < 4.78 is 16.5. The number of fused-ring (bicyclic) bond motifs is 2. The van der Waals surface area contributed by atoms with Crippen LogP contribution in [0.5, 0.6) is 0 Å². The monoisotopic (exact) mass is 314 g/mol. The SMILES string of the molecule is CCOC(=O)C1OC=C2C=CCC(C)(C)/C2=C2\C=CC=CC2O1. The first-order valence-electron chi connectivity index (χ1n) is 7.97. The Hall–Kier alpha value is -2.07. The third-order valence-electron chi connectivity index (χ3n) is 4.23. The fourth-order valence-electron chi connectivity index (χ4n) is 3.20. The molecule has 4 heteroatoms. The normalized spacial score (nSPS) is 31.2. The third kappa shape index (κ3) is 3.04. The molecule has 0 amide bonds. The average molecular weight is 314 g/mol. The molecule has 1 aliphatic heterocycles. The minimum absolute atomic E-state index is 0.0207. The van der Waals surface area contributed by atoms with E-state index in [1.165, 1.54) is 5.57 Å². The van der Waals surface area contributed by atoms with Crippen molar-refractivity contribution in [3.63, 3.8) is 0 Å². The lowest BCUT2D eigenvalue weighted by Gasteiger charge is -2.37. The molecule has 4 nitrogen and oxygen atoms in total. The van der Waals surface area contributed by atoms with Crippen molar-refractivity contribution >= 4 is 5.97 Å². The lowest BCUT2D eigenvalue weighted by atomic mass is 9.71. The van der Waals surface area contributed by atoms with E-state index in [9.17, 15) is 4.79 Å². The minimum Gasteiger partial charge on any atom is -0.461 e. The van der Waals surface area contributed by atoms with Crippen LogP contribution in [0.3, 0.4) is 0 Å². The maximum absolute atomic E-state index is 12.0. The van der Waals surface area contributed by atoms with Crippen LogP contribution in [0.25, 0.3) is 0 Å². The number of carbonyl (C=O) groups excluding carboxylic acids is 1. The van der Waals surface area contributed by atoms with Gasteiger partial charge in [-0.05, 0) is 29.9 Å². The smallest absolute Gasteiger partial charge is 0.376 e. The van der Waals surface area contributed by atoms with Gasteiger partial charge in [-0.1, -0.05) is 50.3 Å². The highest BCUT2D eigenvalue weighted by molar-refractivity contribution is 5.73. The number of carbonyl (C=O) groups is 1. The molecule has 122 valence electrons. The van der Waals surface area contributed by atoms with Crippen LogP contribution in [0, 0.1) is 5.41 Å². The van der Waals surface area contributed by atoms with Gasteiger partial charge in [-0.3, -0.25) is 0 Å². The first-order valence-corrected chi connectivity index (χ1v) is 7.97. The maximum Gasteiger partial charge on any atom is 0.376 e. The van der Waals surface area contributed by atoms with E-state index < -0.39 is 12.3 Å². The molecule has 0 saturated heterocycles. The van der Waals surface area contributed by atoms with Crippen LogP contribution in [0.4, 0.5) is 0 Å². The maximum atomic E-state index is 12.0. The largest absolute Gasteiger partial charge is 0.461 e. The Kier molecular flexibility index (Phi) is 4.26. The quantitative estimate of drug-likeness (QED) is 0.731. The summed E-state index contributed by atoms with van der Waals surface area (Å²) in [5.41, 5.74) is 3.24. The molecule has 2 atom stereocenters. The highest BCUT2D eigenvalue weighted by Gasteiger charge is 2.36. The van der Waals surface area contributed by atoms with Crippen molar-refractivity contribution in [2.24, 2.45) is 5.41 Å². The van der Waals surface area contributed by atoms with Gasteiger partial charge in [0.15, 0.2) is 0 Å². The molecule has 0 bridgehead atoms. The molecule has 2 aliphatic carbocycles. The molecule has 0 aromatic carbocycles. The Morgan fingerprint density at radius 2 is 2.17 bits per heavy atom. The van der Waals surface area contributed by atoms with Crippen molar-refractivity contribution in [2.75, 3.05) is 6.61 Å². The van der Waals surface area contributed by atoms with Gasteiger partial charge in [0, 0.05) is 5.57 Å². The molecule has 2 unspecified atom stereocenters. The van der Waals surface area contributed by atoms with Gasteiger partial charge in [0.05, 0.1) is 12.9 Å². The predicted molar refractivity (Wildman–Crippen MR) is 87.3 cm³/mol. The van der Waals surface area contributed by atoms with Gasteiger partial charge < -0.3 is 14.2 Å². The molecule has 3 aliphatic rings. The Labute approximate surface area is 136 Å². The zero-order valence-corrected chi connectivity index (χ0v) is 13.7. The van der Waals surface area contributed by atoms with E-state index in [0.717, 1.165) is 17.6 Å². The molecule has 0 aromatic heterocycles. The van der Waals surface area contributed by atoms with E-state index in [4.69, 9.17) is 14.2 Å². The van der Waals surface area contributed by atoms with Crippen molar-refractivity contribution in [2.45, 2.75) is 39.6 Å². The molecular weight excluding hydrogens is 292 g/mol. The number of esters is 1. The Balaban J connectivity index is 2.05. The van der Waals surface area contributed by atoms with Gasteiger partial charge in [0.1, 0.15) is 6.10 Å². The Bertz CT molecular complexity index is 646. The number of allylic oxidation sites excluding steroid dienone is 6. The van der Waals surface area contributed by atoms with Crippen molar-refractivity contribution < 1.29 is 19.0 Å². The van der Waals surface area contributed by atoms with Crippen LogP contribution in [-0.2, 0) is 19.0 Å². The summed E-state index contributed by atoms with van der Waals surface area (Å²) in [4.78, 5) is 12.0. The Morgan fingerprint density at radius 1 is 1.35 bits per heavy atom. The van der Waals surface area contributed by atoms with Gasteiger partial charge in [0.2, 0.25) is 0 Å². The van der Waals surface area contributed by atoms with Crippen LogP contribution in [0.2, 0.25) is 0 Å². The first kappa shape index (κ1) is 15.8. The standard InChI is InChI=1S/C19H22O4/c1-4-21-17(20)18-22-12-13-8-7-11-19(2,3)16(13)14-9-5-6-10-15(14)23-18/h5-10,12,15,18H,4,11H2,1-3H3/b13-12?,16-14+. The second-order valence-electron chi connectivity index (χ2n) is 6.41. The second-order valence-corrected chi connectivity index (χ2v) is 6.41. The van der Waals surface area contributed by atoms with E-state index in [0.29, 0.717) is 6.61 Å². The lowest BCUT2D eigenvalue weighted by molar-refractivity contribution is -0.187. The molecule has 0 N–H and O–H groups in total. The minimum atomic E-state index is -1.06. The average Bonchev–Trinajstić information content (AvgIpc) is 2.49. The highest BCUT2D eigenvalue weighted by atomic mass is 16.7. The molecule has 0 spiro atoms.